The summed E-state index contributed by atoms with van der Waals surface area (Å²) >= 11 is 0. The number of anilines is 1. The molecule has 0 atom stereocenters. The number of halogens is 3. The van der Waals surface area contributed by atoms with Gasteiger partial charge < -0.3 is 4.90 Å². The second-order valence-corrected chi connectivity index (χ2v) is 5.13. The smallest absolute Gasteiger partial charge is 0.314 e. The van der Waals surface area contributed by atoms with Crippen LogP contribution in [0.1, 0.15) is 26.3 Å². The predicted molar refractivity (Wildman–Crippen MR) is 64.3 cm³/mol. The highest BCUT2D eigenvalue weighted by atomic mass is 19.4. The average molecular weight is 259 g/mol. The summed E-state index contributed by atoms with van der Waals surface area (Å²) in [6.45, 7) is 5.01. The first kappa shape index (κ1) is 14.5. The minimum absolute atomic E-state index is 0.120. The van der Waals surface area contributed by atoms with Gasteiger partial charge in [-0.2, -0.15) is 13.2 Å². The van der Waals surface area contributed by atoms with Gasteiger partial charge in [0.15, 0.2) is 0 Å². The molecule has 0 saturated heterocycles. The van der Waals surface area contributed by atoms with Crippen LogP contribution in [0.3, 0.4) is 0 Å². The maximum atomic E-state index is 12.8. The Morgan fingerprint density at radius 2 is 1.61 bits per heavy atom. The molecule has 0 aliphatic carbocycles. The van der Waals surface area contributed by atoms with Crippen molar-refractivity contribution in [2.45, 2.75) is 26.9 Å². The molecular weight excluding hydrogens is 243 g/mol. The molecule has 2 nitrogen and oxygen atoms in total. The lowest BCUT2D eigenvalue weighted by Gasteiger charge is -2.28. The van der Waals surface area contributed by atoms with Crippen molar-refractivity contribution in [3.05, 3.63) is 29.8 Å². The fraction of sp³-hybridized carbons (Fsp3) is 0.462. The molecule has 1 aromatic rings. The molecule has 0 N–H and O–H groups in total. The van der Waals surface area contributed by atoms with E-state index in [-0.39, 0.29) is 11.6 Å². The van der Waals surface area contributed by atoms with Gasteiger partial charge in [-0.15, -0.1) is 0 Å². The van der Waals surface area contributed by atoms with Gasteiger partial charge in [0.25, 0.3) is 0 Å². The highest BCUT2D eigenvalue weighted by Crippen LogP contribution is 2.37. The molecule has 18 heavy (non-hydrogen) atoms. The average Bonchev–Trinajstić information content (AvgIpc) is 2.24. The van der Waals surface area contributed by atoms with Crippen molar-refractivity contribution in [2.24, 2.45) is 5.41 Å². The van der Waals surface area contributed by atoms with Crippen LogP contribution in [0.2, 0.25) is 0 Å². The number of hydrogen-bond donors (Lipinski definition) is 0. The fourth-order valence-electron chi connectivity index (χ4n) is 1.62. The van der Waals surface area contributed by atoms with Gasteiger partial charge in [-0.1, -0.05) is 32.9 Å². The molecule has 0 saturated carbocycles. The number of alkyl halides is 3. The fourth-order valence-corrected chi connectivity index (χ4v) is 1.62. The standard InChI is InChI=1S/C13H16F3NO/c1-12(2,3)11(18)17(4)10-8-6-5-7-9(10)13(14,15)16/h5-8H,1-4H3. The summed E-state index contributed by atoms with van der Waals surface area (Å²) in [4.78, 5) is 13.1. The number of benzene rings is 1. The van der Waals surface area contributed by atoms with Gasteiger partial charge in [0.1, 0.15) is 0 Å². The quantitative estimate of drug-likeness (QED) is 0.752. The molecule has 1 rings (SSSR count). The van der Waals surface area contributed by atoms with Gasteiger partial charge in [-0.25, -0.2) is 0 Å². The Bertz CT molecular complexity index is 446. The van der Waals surface area contributed by atoms with Crippen molar-refractivity contribution in [3.63, 3.8) is 0 Å². The summed E-state index contributed by atoms with van der Waals surface area (Å²) in [5, 5.41) is 0. The zero-order valence-corrected chi connectivity index (χ0v) is 10.8. The van der Waals surface area contributed by atoms with Crippen molar-refractivity contribution in [1.29, 1.82) is 0 Å². The first-order valence-electron chi connectivity index (χ1n) is 5.49. The summed E-state index contributed by atoms with van der Waals surface area (Å²) < 4.78 is 38.5. The molecule has 0 unspecified atom stereocenters. The maximum Gasteiger partial charge on any atom is 0.418 e. The minimum Gasteiger partial charge on any atom is -0.314 e. The molecule has 0 spiro atoms. The number of carbonyl (C=O) groups excluding carboxylic acids is 1. The van der Waals surface area contributed by atoms with E-state index in [1.807, 2.05) is 0 Å². The van der Waals surface area contributed by atoms with E-state index in [0.717, 1.165) is 11.0 Å². The molecule has 1 amide bonds. The second kappa shape index (κ2) is 4.63. The van der Waals surface area contributed by atoms with E-state index in [0.29, 0.717) is 0 Å². The van der Waals surface area contributed by atoms with Crippen LogP contribution in [0.5, 0.6) is 0 Å². The summed E-state index contributed by atoms with van der Waals surface area (Å²) in [5.74, 6) is -0.362. The number of nitrogens with zero attached hydrogens (tertiary/aromatic N) is 1. The third kappa shape index (κ3) is 3.03. The number of rotatable bonds is 1. The largest absolute Gasteiger partial charge is 0.418 e. The van der Waals surface area contributed by atoms with Crippen molar-refractivity contribution in [2.75, 3.05) is 11.9 Å². The number of para-hydroxylation sites is 1. The lowest BCUT2D eigenvalue weighted by molar-refractivity contribution is -0.137. The number of carbonyl (C=O) groups is 1. The Balaban J connectivity index is 3.23. The van der Waals surface area contributed by atoms with Crippen LogP contribution >= 0.6 is 0 Å². The molecule has 1 aromatic carbocycles. The lowest BCUT2D eigenvalue weighted by atomic mass is 9.94. The summed E-state index contributed by atoms with van der Waals surface area (Å²) in [5.41, 5.74) is -1.65. The van der Waals surface area contributed by atoms with Crippen LogP contribution < -0.4 is 4.90 Å². The Labute approximate surface area is 104 Å². The van der Waals surface area contributed by atoms with Gasteiger partial charge in [0, 0.05) is 12.5 Å². The van der Waals surface area contributed by atoms with Crippen LogP contribution in [-0.2, 0) is 11.0 Å². The summed E-state index contributed by atoms with van der Waals surface area (Å²) in [6, 6.07) is 5.06. The van der Waals surface area contributed by atoms with E-state index >= 15 is 0 Å². The topological polar surface area (TPSA) is 20.3 Å². The zero-order valence-electron chi connectivity index (χ0n) is 10.8. The zero-order chi connectivity index (χ0) is 14.1. The van der Waals surface area contributed by atoms with Crippen LogP contribution in [0.15, 0.2) is 24.3 Å². The molecule has 0 radical (unpaired) electrons. The van der Waals surface area contributed by atoms with Crippen LogP contribution in [0.25, 0.3) is 0 Å². The Kier molecular flexibility index (Phi) is 3.74. The monoisotopic (exact) mass is 259 g/mol. The molecular formula is C13H16F3NO. The predicted octanol–water partition coefficient (Wildman–Crippen LogP) is 3.71. The minimum atomic E-state index is -4.47. The molecule has 0 aliphatic rings. The van der Waals surface area contributed by atoms with E-state index < -0.39 is 17.2 Å². The lowest BCUT2D eigenvalue weighted by Crippen LogP contribution is -2.37. The Morgan fingerprint density at radius 1 is 1.11 bits per heavy atom. The van der Waals surface area contributed by atoms with Crippen molar-refractivity contribution in [3.8, 4) is 0 Å². The highest BCUT2D eigenvalue weighted by Gasteiger charge is 2.36. The molecule has 0 aliphatic heterocycles. The second-order valence-electron chi connectivity index (χ2n) is 5.13. The van der Waals surface area contributed by atoms with E-state index in [1.165, 1.54) is 25.2 Å². The van der Waals surface area contributed by atoms with E-state index in [4.69, 9.17) is 0 Å². The van der Waals surface area contributed by atoms with Crippen LogP contribution in [0.4, 0.5) is 18.9 Å². The van der Waals surface area contributed by atoms with Crippen LogP contribution in [-0.4, -0.2) is 13.0 Å². The normalized spacial score (nSPS) is 12.4. The van der Waals surface area contributed by atoms with Gasteiger partial charge in [-0.3, -0.25) is 4.79 Å². The van der Waals surface area contributed by atoms with Crippen LogP contribution in [0, 0.1) is 5.41 Å². The van der Waals surface area contributed by atoms with E-state index in [2.05, 4.69) is 0 Å². The van der Waals surface area contributed by atoms with Gasteiger partial charge in [0.2, 0.25) is 5.91 Å². The number of amides is 1. The van der Waals surface area contributed by atoms with E-state index in [1.54, 1.807) is 20.8 Å². The van der Waals surface area contributed by atoms with Gasteiger partial charge >= 0.3 is 6.18 Å². The molecule has 5 heteroatoms. The third-order valence-corrected chi connectivity index (χ3v) is 2.52. The summed E-state index contributed by atoms with van der Waals surface area (Å²) in [6.07, 6.45) is -4.47. The molecule has 0 aromatic heterocycles. The molecule has 0 bridgehead atoms. The summed E-state index contributed by atoms with van der Waals surface area (Å²) in [7, 11) is 1.36. The Morgan fingerprint density at radius 3 is 2.06 bits per heavy atom. The Hall–Kier alpha value is -1.52. The van der Waals surface area contributed by atoms with E-state index in [9.17, 15) is 18.0 Å². The molecule has 0 fully saturated rings. The highest BCUT2D eigenvalue weighted by molar-refractivity contribution is 5.97. The molecule has 0 heterocycles. The van der Waals surface area contributed by atoms with Gasteiger partial charge in [-0.05, 0) is 12.1 Å². The van der Waals surface area contributed by atoms with Crippen molar-refractivity contribution < 1.29 is 18.0 Å². The maximum absolute atomic E-state index is 12.8. The van der Waals surface area contributed by atoms with Gasteiger partial charge in [0.05, 0.1) is 11.3 Å². The number of hydrogen-bond acceptors (Lipinski definition) is 1. The van der Waals surface area contributed by atoms with Crippen molar-refractivity contribution in [1.82, 2.24) is 0 Å². The third-order valence-electron chi connectivity index (χ3n) is 2.52. The molecule has 100 valence electrons. The SMILES string of the molecule is CN(C(=O)C(C)(C)C)c1ccccc1C(F)(F)F. The first-order valence-corrected chi connectivity index (χ1v) is 5.49. The first-order chi connectivity index (χ1) is 8.05. The van der Waals surface area contributed by atoms with Crippen molar-refractivity contribution >= 4 is 11.6 Å².